The molecule has 1 heterocycles. The van der Waals surface area contributed by atoms with Crippen LogP contribution in [-0.2, 0) is 23.8 Å². The number of hydrogen-bond acceptors (Lipinski definition) is 10. The number of esters is 1. The smallest absolute Gasteiger partial charge is 0.306 e. The van der Waals surface area contributed by atoms with Crippen LogP contribution in [0.15, 0.2) is 60.8 Å². The first-order valence-corrected chi connectivity index (χ1v) is 33.1. The standard InChI is InChI=1S/C68H123NO10/c1-4-7-10-13-16-19-22-24-26-28-30-32-33-35-37-40-43-46-49-52-55-61(72)67(76)69-59(60(71)54-51-48-45-42-39-21-18-15-12-9-6-3)58-77-68-66(65(75)64(74)62(57-70)78-68)79-63(73)56-53-50-47-44-41-38-36-34-31-29-27-25-23-20-17-14-11-8-5-2/h17,20,24-27,31,34,51,54,59-62,64-66,68,70-72,74-75H,4-16,18-19,21-23,28-30,32-33,35-50,52-53,55-58H2,1-3H3,(H,69,76)/b20-17-,26-24+,27-25-,34-31-,54-51+. The lowest BCUT2D eigenvalue weighted by molar-refractivity contribution is -0.305. The number of carbonyl (C=O) groups is 2. The van der Waals surface area contributed by atoms with Crippen molar-refractivity contribution in [3.05, 3.63) is 60.8 Å². The van der Waals surface area contributed by atoms with Gasteiger partial charge in [0.05, 0.1) is 25.4 Å². The summed E-state index contributed by atoms with van der Waals surface area (Å²) in [4.78, 5) is 26.6. The second-order valence-corrected chi connectivity index (χ2v) is 22.8. The van der Waals surface area contributed by atoms with Crippen LogP contribution in [0.1, 0.15) is 297 Å². The second-order valence-electron chi connectivity index (χ2n) is 22.8. The van der Waals surface area contributed by atoms with Gasteiger partial charge in [-0.1, -0.05) is 261 Å². The van der Waals surface area contributed by atoms with Gasteiger partial charge in [-0.15, -0.1) is 0 Å². The van der Waals surface area contributed by atoms with Gasteiger partial charge in [0.15, 0.2) is 12.4 Å². The molecule has 6 N–H and O–H groups in total. The summed E-state index contributed by atoms with van der Waals surface area (Å²) in [6, 6.07) is -1.03. The average Bonchev–Trinajstić information content (AvgIpc) is 3.47. The molecule has 8 atom stereocenters. The van der Waals surface area contributed by atoms with E-state index in [9.17, 15) is 35.1 Å². The Hall–Kier alpha value is -2.64. The Morgan fingerprint density at radius 1 is 0.494 bits per heavy atom. The van der Waals surface area contributed by atoms with Crippen molar-refractivity contribution >= 4 is 11.9 Å². The highest BCUT2D eigenvalue weighted by molar-refractivity contribution is 5.80. The van der Waals surface area contributed by atoms with Crippen molar-refractivity contribution in [1.29, 1.82) is 0 Å². The fourth-order valence-electron chi connectivity index (χ4n) is 10.1. The first kappa shape index (κ1) is 74.4. The molecule has 11 nitrogen and oxygen atoms in total. The molecule has 1 aliphatic heterocycles. The third kappa shape index (κ3) is 43.7. The van der Waals surface area contributed by atoms with Crippen LogP contribution < -0.4 is 5.32 Å². The highest BCUT2D eigenvalue weighted by Crippen LogP contribution is 2.26. The molecule has 0 radical (unpaired) electrons. The van der Waals surface area contributed by atoms with Gasteiger partial charge in [0.25, 0.3) is 0 Å². The van der Waals surface area contributed by atoms with E-state index in [1.165, 1.54) is 161 Å². The molecule has 1 saturated heterocycles. The quantitative estimate of drug-likeness (QED) is 0.0195. The van der Waals surface area contributed by atoms with E-state index in [1.807, 2.05) is 6.08 Å². The van der Waals surface area contributed by atoms with Crippen molar-refractivity contribution in [3.63, 3.8) is 0 Å². The number of allylic oxidation sites excluding steroid dienone is 9. The molecule has 0 aromatic heterocycles. The monoisotopic (exact) mass is 1110 g/mol. The number of aliphatic hydroxyl groups is 5. The second kappa shape index (κ2) is 55.9. The highest BCUT2D eigenvalue weighted by Gasteiger charge is 2.47. The van der Waals surface area contributed by atoms with Crippen molar-refractivity contribution in [2.75, 3.05) is 13.2 Å². The number of nitrogens with one attached hydrogen (secondary N) is 1. The van der Waals surface area contributed by atoms with Gasteiger partial charge >= 0.3 is 5.97 Å². The minimum atomic E-state index is -1.62. The average molecular weight is 1110 g/mol. The fourth-order valence-corrected chi connectivity index (χ4v) is 10.1. The first-order chi connectivity index (χ1) is 38.7. The molecule has 0 aromatic carbocycles. The molecule has 1 amide bonds. The van der Waals surface area contributed by atoms with E-state index < -0.39 is 67.4 Å². The molecule has 460 valence electrons. The molecular formula is C68H123NO10. The summed E-state index contributed by atoms with van der Waals surface area (Å²) in [5.74, 6) is -1.20. The van der Waals surface area contributed by atoms with E-state index >= 15 is 0 Å². The summed E-state index contributed by atoms with van der Waals surface area (Å²) < 4.78 is 17.6. The number of hydrogen-bond donors (Lipinski definition) is 6. The van der Waals surface area contributed by atoms with Gasteiger partial charge in [-0.25, -0.2) is 0 Å². The summed E-state index contributed by atoms with van der Waals surface area (Å²) in [7, 11) is 0. The Kier molecular flexibility index (Phi) is 52.6. The van der Waals surface area contributed by atoms with Gasteiger partial charge in [-0.2, -0.15) is 0 Å². The summed E-state index contributed by atoms with van der Waals surface area (Å²) in [6.45, 7) is 5.76. The number of aliphatic hydroxyl groups excluding tert-OH is 5. The van der Waals surface area contributed by atoms with E-state index in [-0.39, 0.29) is 19.4 Å². The zero-order valence-corrected chi connectivity index (χ0v) is 51.0. The number of unbranched alkanes of at least 4 members (excludes halogenated alkanes) is 34. The molecule has 1 fully saturated rings. The fraction of sp³-hybridized carbons (Fsp3) is 0.824. The zero-order chi connectivity index (χ0) is 57.5. The van der Waals surface area contributed by atoms with Crippen molar-refractivity contribution in [2.45, 2.75) is 346 Å². The van der Waals surface area contributed by atoms with Gasteiger partial charge in [0.1, 0.15) is 24.4 Å². The van der Waals surface area contributed by atoms with Gasteiger partial charge in [0, 0.05) is 6.42 Å². The van der Waals surface area contributed by atoms with Crippen LogP contribution in [0.5, 0.6) is 0 Å². The first-order valence-electron chi connectivity index (χ1n) is 33.1. The highest BCUT2D eigenvalue weighted by atomic mass is 16.7. The molecule has 0 spiro atoms. The Morgan fingerprint density at radius 3 is 1.34 bits per heavy atom. The summed E-state index contributed by atoms with van der Waals surface area (Å²) in [6.07, 6.45) is 59.7. The van der Waals surface area contributed by atoms with Gasteiger partial charge < -0.3 is 45.1 Å². The summed E-state index contributed by atoms with van der Waals surface area (Å²) in [5, 5.41) is 57.1. The van der Waals surface area contributed by atoms with Gasteiger partial charge in [-0.05, 0) is 89.9 Å². The number of rotatable bonds is 56. The predicted octanol–water partition coefficient (Wildman–Crippen LogP) is 16.2. The maximum atomic E-state index is 13.4. The Morgan fingerprint density at radius 2 is 0.873 bits per heavy atom. The van der Waals surface area contributed by atoms with Crippen LogP contribution in [0.2, 0.25) is 0 Å². The minimum absolute atomic E-state index is 0.108. The lowest BCUT2D eigenvalue weighted by Gasteiger charge is -2.41. The van der Waals surface area contributed by atoms with E-state index in [1.54, 1.807) is 6.08 Å². The number of amides is 1. The Balaban J connectivity index is 2.63. The van der Waals surface area contributed by atoms with Crippen LogP contribution in [0, 0.1) is 0 Å². The lowest BCUT2D eigenvalue weighted by atomic mass is 9.99. The maximum Gasteiger partial charge on any atom is 0.306 e. The third-order valence-electron chi connectivity index (χ3n) is 15.4. The number of ether oxygens (including phenoxy) is 3. The molecule has 11 heteroatoms. The van der Waals surface area contributed by atoms with Gasteiger partial charge in [-0.3, -0.25) is 9.59 Å². The molecule has 0 aromatic rings. The van der Waals surface area contributed by atoms with Crippen LogP contribution in [-0.4, -0.2) is 99.6 Å². The molecule has 0 aliphatic carbocycles. The molecule has 0 saturated carbocycles. The largest absolute Gasteiger partial charge is 0.454 e. The molecule has 79 heavy (non-hydrogen) atoms. The third-order valence-corrected chi connectivity index (χ3v) is 15.4. The lowest BCUT2D eigenvalue weighted by Crippen LogP contribution is -2.61. The van der Waals surface area contributed by atoms with E-state index in [4.69, 9.17) is 14.2 Å². The maximum absolute atomic E-state index is 13.4. The Labute approximate surface area is 484 Å². The van der Waals surface area contributed by atoms with E-state index in [0.29, 0.717) is 12.8 Å². The molecule has 1 aliphatic rings. The zero-order valence-electron chi connectivity index (χ0n) is 51.0. The molecule has 0 bridgehead atoms. The molecular weight excluding hydrogens is 991 g/mol. The normalized spacial score (nSPS) is 19.2. The van der Waals surface area contributed by atoms with Crippen LogP contribution in [0.25, 0.3) is 0 Å². The van der Waals surface area contributed by atoms with Crippen molar-refractivity contribution in [2.24, 2.45) is 0 Å². The molecule has 8 unspecified atom stereocenters. The van der Waals surface area contributed by atoms with Gasteiger partial charge in [0.2, 0.25) is 5.91 Å². The topological polar surface area (TPSA) is 175 Å². The van der Waals surface area contributed by atoms with Crippen LogP contribution >= 0.6 is 0 Å². The predicted molar refractivity (Wildman–Crippen MR) is 329 cm³/mol. The van der Waals surface area contributed by atoms with Crippen molar-refractivity contribution in [3.8, 4) is 0 Å². The summed E-state index contributed by atoms with van der Waals surface area (Å²) in [5.41, 5.74) is 0. The summed E-state index contributed by atoms with van der Waals surface area (Å²) >= 11 is 0. The van der Waals surface area contributed by atoms with E-state index in [0.717, 1.165) is 89.9 Å². The SMILES string of the molecule is CCCCC/C=C\C/C=C\C/C=C\CCCCCCCCC(=O)OC1C(OCC(NC(=O)C(O)CCCCCCCCCCCC/C=C/CCCCCCCC)C(O)/C=C/CCCCCCCCCCC)OC(CO)C(O)C1O. The van der Waals surface area contributed by atoms with Crippen LogP contribution in [0.4, 0.5) is 0 Å². The minimum Gasteiger partial charge on any atom is -0.454 e. The van der Waals surface area contributed by atoms with Crippen molar-refractivity contribution in [1.82, 2.24) is 5.32 Å². The van der Waals surface area contributed by atoms with Crippen LogP contribution in [0.3, 0.4) is 0 Å². The number of carbonyl (C=O) groups excluding carboxylic acids is 2. The van der Waals surface area contributed by atoms with E-state index in [2.05, 4.69) is 74.7 Å². The Bertz CT molecular complexity index is 1510. The molecule has 1 rings (SSSR count). The van der Waals surface area contributed by atoms with Crippen molar-refractivity contribution < 1.29 is 49.3 Å².